The summed E-state index contributed by atoms with van der Waals surface area (Å²) in [6.07, 6.45) is -2.32. The van der Waals surface area contributed by atoms with Gasteiger partial charge in [0.2, 0.25) is 0 Å². The van der Waals surface area contributed by atoms with Crippen molar-refractivity contribution in [2.75, 3.05) is 25.6 Å². The van der Waals surface area contributed by atoms with E-state index in [9.17, 15) is 18.0 Å². The Balaban J connectivity index is 2.16. The summed E-state index contributed by atoms with van der Waals surface area (Å²) in [5.41, 5.74) is 0.896. The Kier molecular flexibility index (Phi) is 6.33. The van der Waals surface area contributed by atoms with Gasteiger partial charge in [-0.3, -0.25) is 0 Å². The summed E-state index contributed by atoms with van der Waals surface area (Å²) in [7, 11) is 3.41. The fourth-order valence-electron chi connectivity index (χ4n) is 2.08. The highest BCUT2D eigenvalue weighted by molar-refractivity contribution is 5.94. The molecule has 2 rings (SSSR count). The van der Waals surface area contributed by atoms with E-state index >= 15 is 0 Å². The van der Waals surface area contributed by atoms with Crippen LogP contribution < -0.4 is 4.90 Å². The lowest BCUT2D eigenvalue weighted by atomic mass is 10.2. The molecule has 0 aliphatic carbocycles. The van der Waals surface area contributed by atoms with E-state index in [1.165, 1.54) is 6.20 Å². The first-order valence-corrected chi connectivity index (χ1v) is 7.88. The Labute approximate surface area is 154 Å². The van der Waals surface area contributed by atoms with Crippen LogP contribution in [0.15, 0.2) is 60.8 Å². The Bertz CT molecular complexity index is 847. The van der Waals surface area contributed by atoms with E-state index in [-0.39, 0.29) is 23.8 Å². The number of carbonyl (C=O) groups is 1. The zero-order valence-corrected chi connectivity index (χ0v) is 14.8. The van der Waals surface area contributed by atoms with E-state index in [4.69, 9.17) is 4.74 Å². The maximum atomic E-state index is 12.3. The highest BCUT2D eigenvalue weighted by atomic mass is 19.4. The van der Waals surface area contributed by atoms with E-state index in [0.717, 1.165) is 11.6 Å². The molecule has 0 radical (unpaired) electrons. The Morgan fingerprint density at radius 3 is 2.52 bits per heavy atom. The molecule has 27 heavy (non-hydrogen) atoms. The second kappa shape index (κ2) is 8.48. The highest BCUT2D eigenvalue weighted by Crippen LogP contribution is 2.22. The fraction of sp³-hybridized carbons (Fsp3) is 0.211. The monoisotopic (exact) mass is 377 g/mol. The molecule has 0 saturated heterocycles. The fourth-order valence-corrected chi connectivity index (χ4v) is 2.08. The standard InChI is InChI=1S/C19H18F3N3O2/c1-13(9-10-19(20,21)22)12-27-18(26)15-11-23-16(24-17(15)25(2)3)14-7-5-4-6-8-14/h4-11H,1,12H2,2-3H3. The number of nitrogens with zero attached hydrogens (tertiary/aromatic N) is 3. The summed E-state index contributed by atoms with van der Waals surface area (Å²) >= 11 is 0. The molecule has 142 valence electrons. The molecule has 0 saturated carbocycles. The number of aromatic nitrogens is 2. The van der Waals surface area contributed by atoms with Gasteiger partial charge in [0.25, 0.3) is 0 Å². The van der Waals surface area contributed by atoms with Crippen molar-refractivity contribution in [2.24, 2.45) is 0 Å². The quantitative estimate of drug-likeness (QED) is 0.562. The van der Waals surface area contributed by atoms with Crippen LogP contribution in [0.5, 0.6) is 0 Å². The van der Waals surface area contributed by atoms with E-state index in [1.54, 1.807) is 19.0 Å². The number of carbonyl (C=O) groups excluding carboxylic acids is 1. The Morgan fingerprint density at radius 1 is 1.26 bits per heavy atom. The normalized spacial score (nSPS) is 11.4. The molecule has 0 N–H and O–H groups in total. The molecule has 0 bridgehead atoms. The molecule has 0 unspecified atom stereocenters. The molecule has 1 aromatic heterocycles. The molecule has 2 aromatic rings. The van der Waals surface area contributed by atoms with Gasteiger partial charge in [0, 0.05) is 31.9 Å². The Hall–Kier alpha value is -3.16. The number of anilines is 1. The minimum atomic E-state index is -4.45. The second-order valence-corrected chi connectivity index (χ2v) is 5.80. The van der Waals surface area contributed by atoms with Crippen LogP contribution in [-0.4, -0.2) is 42.8 Å². The molecule has 0 fully saturated rings. The predicted octanol–water partition coefficient (Wildman–Crippen LogP) is 4.04. The van der Waals surface area contributed by atoms with Crippen molar-refractivity contribution in [2.45, 2.75) is 6.18 Å². The van der Waals surface area contributed by atoms with Crippen LogP contribution in [0.3, 0.4) is 0 Å². The number of hydrogen-bond donors (Lipinski definition) is 0. The van der Waals surface area contributed by atoms with Gasteiger partial charge < -0.3 is 9.64 Å². The number of halogens is 3. The third-order valence-electron chi connectivity index (χ3n) is 3.34. The van der Waals surface area contributed by atoms with Gasteiger partial charge in [-0.2, -0.15) is 13.2 Å². The predicted molar refractivity (Wildman–Crippen MR) is 96.4 cm³/mol. The summed E-state index contributed by atoms with van der Waals surface area (Å²) in [6.45, 7) is 3.05. The van der Waals surface area contributed by atoms with Gasteiger partial charge in [0.05, 0.1) is 0 Å². The van der Waals surface area contributed by atoms with Crippen molar-refractivity contribution in [1.82, 2.24) is 9.97 Å². The summed E-state index contributed by atoms with van der Waals surface area (Å²) in [5.74, 6) is 0.0264. The number of benzene rings is 1. The van der Waals surface area contributed by atoms with Gasteiger partial charge in [0.1, 0.15) is 18.0 Å². The average molecular weight is 377 g/mol. The average Bonchev–Trinajstić information content (AvgIpc) is 2.64. The van der Waals surface area contributed by atoms with Gasteiger partial charge in [-0.25, -0.2) is 14.8 Å². The SMILES string of the molecule is C=C(C=CC(F)(F)F)COC(=O)c1cnc(-c2ccccc2)nc1N(C)C. The van der Waals surface area contributed by atoms with Crippen molar-refractivity contribution < 1.29 is 22.7 Å². The number of hydrogen-bond acceptors (Lipinski definition) is 5. The summed E-state index contributed by atoms with van der Waals surface area (Å²) in [5, 5.41) is 0. The smallest absolute Gasteiger partial charge is 0.409 e. The van der Waals surface area contributed by atoms with Crippen LogP contribution >= 0.6 is 0 Å². The van der Waals surface area contributed by atoms with Gasteiger partial charge in [-0.05, 0) is 5.57 Å². The minimum Gasteiger partial charge on any atom is -0.457 e. The zero-order chi connectivity index (χ0) is 20.0. The lowest BCUT2D eigenvalue weighted by Crippen LogP contribution is -2.18. The summed E-state index contributed by atoms with van der Waals surface area (Å²) in [4.78, 5) is 22.5. The van der Waals surface area contributed by atoms with Crippen LogP contribution in [0.1, 0.15) is 10.4 Å². The molecular weight excluding hydrogens is 359 g/mol. The van der Waals surface area contributed by atoms with Crippen molar-refractivity contribution >= 4 is 11.8 Å². The van der Waals surface area contributed by atoms with Crippen molar-refractivity contribution in [3.8, 4) is 11.4 Å². The van der Waals surface area contributed by atoms with E-state index in [2.05, 4.69) is 16.5 Å². The molecular formula is C19H18F3N3O2. The number of rotatable bonds is 6. The molecule has 8 heteroatoms. The highest BCUT2D eigenvalue weighted by Gasteiger charge is 2.22. The largest absolute Gasteiger partial charge is 0.457 e. The summed E-state index contributed by atoms with van der Waals surface area (Å²) in [6, 6.07) is 9.22. The van der Waals surface area contributed by atoms with Gasteiger partial charge in [-0.1, -0.05) is 43.0 Å². The molecule has 0 aliphatic rings. The molecule has 0 atom stereocenters. The van der Waals surface area contributed by atoms with Crippen LogP contribution in [0, 0.1) is 0 Å². The van der Waals surface area contributed by atoms with Gasteiger partial charge in [0.15, 0.2) is 5.82 Å². The topological polar surface area (TPSA) is 55.3 Å². The maximum absolute atomic E-state index is 12.3. The number of ether oxygens (including phenoxy) is 1. The lowest BCUT2D eigenvalue weighted by molar-refractivity contribution is -0.0798. The van der Waals surface area contributed by atoms with Crippen molar-refractivity contribution in [1.29, 1.82) is 0 Å². The Morgan fingerprint density at radius 2 is 1.93 bits per heavy atom. The van der Waals surface area contributed by atoms with Gasteiger partial charge in [-0.15, -0.1) is 0 Å². The molecule has 5 nitrogen and oxygen atoms in total. The minimum absolute atomic E-state index is 0.00824. The van der Waals surface area contributed by atoms with E-state index < -0.39 is 12.1 Å². The number of allylic oxidation sites excluding steroid dienone is 1. The van der Waals surface area contributed by atoms with Crippen LogP contribution in [0.25, 0.3) is 11.4 Å². The van der Waals surface area contributed by atoms with Gasteiger partial charge >= 0.3 is 12.1 Å². The van der Waals surface area contributed by atoms with Crippen molar-refractivity contribution in [3.63, 3.8) is 0 Å². The van der Waals surface area contributed by atoms with E-state index in [1.807, 2.05) is 30.3 Å². The maximum Gasteiger partial charge on any atom is 0.409 e. The first-order chi connectivity index (χ1) is 12.7. The van der Waals surface area contributed by atoms with E-state index in [0.29, 0.717) is 11.6 Å². The molecule has 0 aliphatic heterocycles. The summed E-state index contributed by atoms with van der Waals surface area (Å²) < 4.78 is 41.5. The molecule has 0 spiro atoms. The lowest BCUT2D eigenvalue weighted by Gasteiger charge is -2.16. The van der Waals surface area contributed by atoms with Crippen LogP contribution in [0.4, 0.5) is 19.0 Å². The first-order valence-electron chi connectivity index (χ1n) is 7.88. The number of esters is 1. The number of alkyl halides is 3. The first kappa shape index (κ1) is 20.2. The van der Waals surface area contributed by atoms with Crippen LogP contribution in [-0.2, 0) is 4.74 Å². The van der Waals surface area contributed by atoms with Crippen molar-refractivity contribution in [3.05, 3.63) is 66.4 Å². The molecule has 1 heterocycles. The molecule has 0 amide bonds. The second-order valence-electron chi connectivity index (χ2n) is 5.80. The molecule has 1 aromatic carbocycles. The zero-order valence-electron chi connectivity index (χ0n) is 14.8. The third kappa shape index (κ3) is 5.95. The van der Waals surface area contributed by atoms with Crippen LogP contribution in [0.2, 0.25) is 0 Å². The third-order valence-corrected chi connectivity index (χ3v) is 3.34.